The molecule has 1 amide bonds. The highest BCUT2D eigenvalue weighted by Gasteiger charge is 2.52. The Morgan fingerprint density at radius 3 is 1.57 bits per heavy atom. The quantitative estimate of drug-likeness (QED) is 0.332. The van der Waals surface area contributed by atoms with Crippen LogP contribution in [0.5, 0.6) is 0 Å². The van der Waals surface area contributed by atoms with E-state index in [1.807, 2.05) is 91.0 Å². The van der Waals surface area contributed by atoms with Crippen LogP contribution in [0.1, 0.15) is 23.6 Å². The molecule has 3 aromatic rings. The Labute approximate surface area is 234 Å². The van der Waals surface area contributed by atoms with Gasteiger partial charge in [0, 0.05) is 14.0 Å². The second-order valence-electron chi connectivity index (χ2n) is 9.50. The van der Waals surface area contributed by atoms with Gasteiger partial charge in [-0.25, -0.2) is 4.79 Å². The lowest BCUT2D eigenvalue weighted by molar-refractivity contribution is -0.320. The number of carbonyl (C=O) groups excluding carboxylic acids is 1. The van der Waals surface area contributed by atoms with Crippen molar-refractivity contribution < 1.29 is 38.4 Å². The molecule has 4 rings (SSSR count). The van der Waals surface area contributed by atoms with Crippen LogP contribution in [0, 0.1) is 0 Å². The average Bonchev–Trinajstić information content (AvgIpc) is 2.98. The van der Waals surface area contributed by atoms with E-state index < -0.39 is 48.6 Å². The molecule has 0 spiro atoms. The molecule has 1 aliphatic heterocycles. The normalized spacial score (nSPS) is 23.3. The molecule has 1 heterocycles. The first-order chi connectivity index (χ1) is 19.5. The van der Waals surface area contributed by atoms with Crippen LogP contribution in [0.3, 0.4) is 0 Å². The van der Waals surface area contributed by atoms with Crippen molar-refractivity contribution in [2.45, 2.75) is 63.5 Å². The van der Waals surface area contributed by atoms with Crippen LogP contribution in [-0.2, 0) is 53.1 Å². The summed E-state index contributed by atoms with van der Waals surface area (Å²) in [6.45, 7) is 1.86. The number of hydrogen-bond donors (Lipinski definition) is 2. The van der Waals surface area contributed by atoms with Crippen molar-refractivity contribution in [2.24, 2.45) is 0 Å². The number of aliphatic carboxylic acids is 1. The highest BCUT2D eigenvalue weighted by Crippen LogP contribution is 2.32. The molecular formula is C31H35NO8. The number of hydrogen-bond acceptors (Lipinski definition) is 7. The summed E-state index contributed by atoms with van der Waals surface area (Å²) in [4.78, 5) is 24.4. The zero-order valence-electron chi connectivity index (χ0n) is 22.6. The Hall–Kier alpha value is -3.60. The van der Waals surface area contributed by atoms with Crippen molar-refractivity contribution in [1.29, 1.82) is 0 Å². The predicted octanol–water partition coefficient (Wildman–Crippen LogP) is 3.70. The smallest absolute Gasteiger partial charge is 0.329 e. The van der Waals surface area contributed by atoms with Crippen molar-refractivity contribution in [1.82, 2.24) is 5.32 Å². The van der Waals surface area contributed by atoms with Crippen LogP contribution >= 0.6 is 0 Å². The van der Waals surface area contributed by atoms with Gasteiger partial charge in [-0.05, 0) is 16.7 Å². The van der Waals surface area contributed by atoms with E-state index in [1.54, 1.807) is 0 Å². The summed E-state index contributed by atoms with van der Waals surface area (Å²) in [6.07, 6.45) is -4.68. The number of methoxy groups -OCH3 is 1. The van der Waals surface area contributed by atoms with Gasteiger partial charge in [-0.3, -0.25) is 4.79 Å². The number of carboxylic acid groups (broad SMARTS) is 1. The minimum Gasteiger partial charge on any atom is -0.480 e. The molecule has 212 valence electrons. The Balaban J connectivity index is 1.69. The predicted molar refractivity (Wildman–Crippen MR) is 146 cm³/mol. The lowest BCUT2D eigenvalue weighted by Crippen LogP contribution is -2.66. The second-order valence-corrected chi connectivity index (χ2v) is 9.50. The van der Waals surface area contributed by atoms with E-state index in [2.05, 4.69) is 5.32 Å². The Morgan fingerprint density at radius 2 is 1.18 bits per heavy atom. The van der Waals surface area contributed by atoms with E-state index >= 15 is 0 Å². The topological polar surface area (TPSA) is 113 Å². The van der Waals surface area contributed by atoms with Gasteiger partial charge >= 0.3 is 5.97 Å². The van der Waals surface area contributed by atoms with Gasteiger partial charge in [0.25, 0.3) is 0 Å². The zero-order valence-corrected chi connectivity index (χ0v) is 22.6. The molecule has 0 bridgehead atoms. The number of carbonyl (C=O) groups is 2. The molecule has 0 aliphatic carbocycles. The monoisotopic (exact) mass is 549 g/mol. The lowest BCUT2D eigenvalue weighted by atomic mass is 9.92. The van der Waals surface area contributed by atoms with E-state index in [1.165, 1.54) is 14.0 Å². The second kappa shape index (κ2) is 14.7. The summed E-state index contributed by atoms with van der Waals surface area (Å²) in [7, 11) is 1.45. The van der Waals surface area contributed by atoms with Gasteiger partial charge in [-0.15, -0.1) is 0 Å². The van der Waals surface area contributed by atoms with Crippen LogP contribution in [0.2, 0.25) is 0 Å². The molecule has 1 aliphatic rings. The summed E-state index contributed by atoms with van der Waals surface area (Å²) in [5, 5.41) is 12.6. The third kappa shape index (κ3) is 7.97. The summed E-state index contributed by atoms with van der Waals surface area (Å²) in [5.41, 5.74) is 2.73. The standard InChI is InChI=1S/C31H35NO8/c1-21(33)32-25(30(34)35)26-27(37-18-22-12-6-3-7-13-22)28(38-19-23-14-8-4-9-15-23)29(31(36-2)40-26)39-20-24-16-10-5-11-17-24/h3-17,25-29,31H,18-20H2,1-2H3,(H,32,33)(H,34,35)/t25-,26+,27+,28-,29+,31-/m0/s1. The zero-order chi connectivity index (χ0) is 28.3. The maximum absolute atomic E-state index is 12.4. The van der Waals surface area contributed by atoms with E-state index in [-0.39, 0.29) is 19.8 Å². The van der Waals surface area contributed by atoms with Crippen LogP contribution in [0.25, 0.3) is 0 Å². The maximum Gasteiger partial charge on any atom is 0.329 e. The molecule has 0 saturated carbocycles. The van der Waals surface area contributed by atoms with Gasteiger partial charge in [-0.2, -0.15) is 0 Å². The Kier molecular flexibility index (Phi) is 10.8. The van der Waals surface area contributed by atoms with Crippen LogP contribution in [0.15, 0.2) is 91.0 Å². The molecule has 1 saturated heterocycles. The van der Waals surface area contributed by atoms with E-state index in [9.17, 15) is 14.7 Å². The van der Waals surface area contributed by atoms with E-state index in [0.29, 0.717) is 0 Å². The molecular weight excluding hydrogens is 514 g/mol. The largest absolute Gasteiger partial charge is 0.480 e. The summed E-state index contributed by atoms with van der Waals surface area (Å²) < 4.78 is 31.0. The minimum atomic E-state index is -1.42. The first kappa shape index (κ1) is 29.4. The minimum absolute atomic E-state index is 0.159. The van der Waals surface area contributed by atoms with Crippen molar-refractivity contribution in [3.63, 3.8) is 0 Å². The SMILES string of the molecule is CO[C@H]1O[C@H]([C@H](NC(C)=O)C(=O)O)[C@@H](OCc2ccccc2)[C@H](OCc2ccccc2)[C@H]1OCc1ccccc1. The first-order valence-electron chi connectivity index (χ1n) is 13.1. The number of carboxylic acids is 1. The average molecular weight is 550 g/mol. The number of rotatable bonds is 13. The van der Waals surface area contributed by atoms with Crippen molar-refractivity contribution in [2.75, 3.05) is 7.11 Å². The van der Waals surface area contributed by atoms with Gasteiger partial charge in [0.15, 0.2) is 12.3 Å². The van der Waals surface area contributed by atoms with Gasteiger partial charge in [0.1, 0.15) is 24.4 Å². The van der Waals surface area contributed by atoms with Gasteiger partial charge in [0.2, 0.25) is 5.91 Å². The fourth-order valence-electron chi connectivity index (χ4n) is 4.65. The number of nitrogens with one attached hydrogen (secondary N) is 1. The summed E-state index contributed by atoms with van der Waals surface area (Å²) >= 11 is 0. The molecule has 0 unspecified atom stereocenters. The Morgan fingerprint density at radius 1 is 0.750 bits per heavy atom. The van der Waals surface area contributed by atoms with E-state index in [0.717, 1.165) is 16.7 Å². The highest BCUT2D eigenvalue weighted by molar-refractivity contribution is 5.82. The number of ether oxygens (including phenoxy) is 5. The molecule has 40 heavy (non-hydrogen) atoms. The molecule has 3 aromatic carbocycles. The molecule has 0 aromatic heterocycles. The van der Waals surface area contributed by atoms with Crippen molar-refractivity contribution in [3.8, 4) is 0 Å². The fraction of sp³-hybridized carbons (Fsp3) is 0.355. The number of amides is 1. The van der Waals surface area contributed by atoms with Gasteiger partial charge < -0.3 is 34.1 Å². The summed E-state index contributed by atoms with van der Waals surface area (Å²) in [6, 6.07) is 27.3. The molecule has 2 N–H and O–H groups in total. The van der Waals surface area contributed by atoms with Crippen molar-refractivity contribution >= 4 is 11.9 Å². The maximum atomic E-state index is 12.4. The van der Waals surface area contributed by atoms with Gasteiger partial charge in [-0.1, -0.05) is 91.0 Å². The first-order valence-corrected chi connectivity index (χ1v) is 13.1. The fourth-order valence-corrected chi connectivity index (χ4v) is 4.65. The Bertz CT molecular complexity index is 1190. The van der Waals surface area contributed by atoms with Crippen LogP contribution < -0.4 is 5.32 Å². The highest BCUT2D eigenvalue weighted by atomic mass is 16.7. The third-order valence-corrected chi connectivity index (χ3v) is 6.57. The van der Waals surface area contributed by atoms with Gasteiger partial charge in [0.05, 0.1) is 19.8 Å². The third-order valence-electron chi connectivity index (χ3n) is 6.57. The molecule has 9 heteroatoms. The molecule has 1 fully saturated rings. The molecule has 0 radical (unpaired) electrons. The number of benzene rings is 3. The summed E-state index contributed by atoms with van der Waals surface area (Å²) in [5.74, 6) is -1.79. The molecule has 6 atom stereocenters. The molecule has 9 nitrogen and oxygen atoms in total. The van der Waals surface area contributed by atoms with Crippen molar-refractivity contribution in [3.05, 3.63) is 108 Å². The lowest BCUT2D eigenvalue weighted by Gasteiger charge is -2.47. The van der Waals surface area contributed by atoms with Crippen LogP contribution in [-0.4, -0.2) is 60.8 Å². The van der Waals surface area contributed by atoms with Crippen LogP contribution in [0.4, 0.5) is 0 Å². The van der Waals surface area contributed by atoms with E-state index in [4.69, 9.17) is 23.7 Å².